The Morgan fingerprint density at radius 2 is 1.37 bits per heavy atom. The van der Waals surface area contributed by atoms with Crippen LogP contribution in [-0.2, 0) is 22.3 Å². The molecule has 2 N–H and O–H groups in total. The Bertz CT molecular complexity index is 1120. The molecule has 1 aliphatic carbocycles. The average molecular weight is 557 g/mol. The molecule has 6 nitrogen and oxygen atoms in total. The Hall–Kier alpha value is -2.00. The van der Waals surface area contributed by atoms with Crippen molar-refractivity contribution in [3.63, 3.8) is 0 Å². The number of carbonyl (C=O) groups is 2. The van der Waals surface area contributed by atoms with Crippen LogP contribution in [0.2, 0.25) is 0 Å². The normalized spacial score (nSPS) is 15.8. The van der Waals surface area contributed by atoms with Crippen LogP contribution in [0.5, 0.6) is 0 Å². The molecule has 0 amide bonds. The number of anilines is 2. The van der Waals surface area contributed by atoms with Crippen molar-refractivity contribution < 1.29 is 19.1 Å². The summed E-state index contributed by atoms with van der Waals surface area (Å²) >= 11 is 8.64. The van der Waals surface area contributed by atoms with Gasteiger partial charge in [0.15, 0.2) is 11.6 Å². The molecule has 8 heteroatoms. The molecule has 0 unspecified atom stereocenters. The highest BCUT2D eigenvalue weighted by atomic mass is 32.1. The number of ketones is 2. The molecule has 2 aliphatic rings. The molecule has 0 saturated heterocycles. The van der Waals surface area contributed by atoms with Gasteiger partial charge in [-0.3, -0.25) is 9.59 Å². The van der Waals surface area contributed by atoms with E-state index in [-0.39, 0.29) is 11.6 Å². The van der Waals surface area contributed by atoms with Crippen LogP contribution in [0.3, 0.4) is 0 Å². The first kappa shape index (κ1) is 29.0. The van der Waals surface area contributed by atoms with Crippen LogP contribution >= 0.6 is 25.3 Å². The summed E-state index contributed by atoms with van der Waals surface area (Å²) in [6.45, 7) is 3.10. The lowest BCUT2D eigenvalue weighted by Gasteiger charge is -2.26. The van der Waals surface area contributed by atoms with Crippen molar-refractivity contribution in [1.82, 2.24) is 0 Å². The summed E-state index contributed by atoms with van der Waals surface area (Å²) < 4.78 is 11.4. The van der Waals surface area contributed by atoms with E-state index in [1.54, 1.807) is 0 Å². The molecule has 0 fully saturated rings. The standard InChI is InChI=1S/C30H40N2O4S2/c33-29-23-10-9-22(8-4-2-6-18-38)28-27(23)30(34)26-24(29)19-21(7-3-1-5-17-37)20-25(26)31-11-13-35-15-16-36-14-12-32-28/h9-10,19-20,31-32,37-38H,1-8,11-18H2. The molecule has 1 aliphatic heterocycles. The van der Waals surface area contributed by atoms with Gasteiger partial charge in [-0.15, -0.1) is 0 Å². The van der Waals surface area contributed by atoms with Gasteiger partial charge in [0, 0.05) is 35.6 Å². The first-order chi connectivity index (χ1) is 18.7. The largest absolute Gasteiger partial charge is 0.382 e. The number of hydrogen-bond donors (Lipinski definition) is 4. The van der Waals surface area contributed by atoms with Crippen molar-refractivity contribution in [1.29, 1.82) is 0 Å². The third-order valence-electron chi connectivity index (χ3n) is 7.14. The Balaban J connectivity index is 1.75. The maximum Gasteiger partial charge on any atom is 0.198 e. The number of aryl methyl sites for hydroxylation is 2. The second kappa shape index (κ2) is 15.0. The van der Waals surface area contributed by atoms with E-state index < -0.39 is 0 Å². The van der Waals surface area contributed by atoms with Gasteiger partial charge in [-0.25, -0.2) is 0 Å². The number of benzene rings is 2. The fourth-order valence-corrected chi connectivity index (χ4v) is 5.66. The molecule has 0 saturated carbocycles. The Morgan fingerprint density at radius 3 is 2.08 bits per heavy atom. The highest BCUT2D eigenvalue weighted by Crippen LogP contribution is 2.38. The molecule has 0 aromatic heterocycles. The van der Waals surface area contributed by atoms with E-state index in [0.29, 0.717) is 61.8 Å². The summed E-state index contributed by atoms with van der Waals surface area (Å²) in [5, 5.41) is 6.88. The number of nitrogens with one attached hydrogen (secondary N) is 2. The molecule has 0 atom stereocenters. The van der Waals surface area contributed by atoms with Gasteiger partial charge in [0.1, 0.15) is 0 Å². The van der Waals surface area contributed by atoms with Crippen molar-refractivity contribution in [2.45, 2.75) is 51.4 Å². The van der Waals surface area contributed by atoms with Gasteiger partial charge in [0.2, 0.25) is 0 Å². The van der Waals surface area contributed by atoms with E-state index in [0.717, 1.165) is 85.4 Å². The molecule has 2 aromatic rings. The maximum atomic E-state index is 14.2. The quantitative estimate of drug-likeness (QED) is 0.192. The Labute approximate surface area is 237 Å². The zero-order valence-corrected chi connectivity index (χ0v) is 23.9. The molecular weight excluding hydrogens is 516 g/mol. The van der Waals surface area contributed by atoms with Gasteiger partial charge >= 0.3 is 0 Å². The lowest BCUT2D eigenvalue weighted by atomic mass is 9.79. The molecule has 38 heavy (non-hydrogen) atoms. The second-order valence-electron chi connectivity index (χ2n) is 9.89. The Kier molecular flexibility index (Phi) is 11.4. The number of hydrogen-bond acceptors (Lipinski definition) is 8. The monoisotopic (exact) mass is 556 g/mol. The zero-order chi connectivity index (χ0) is 26.7. The van der Waals surface area contributed by atoms with Crippen LogP contribution in [-0.4, -0.2) is 62.6 Å². The number of ether oxygens (including phenoxy) is 2. The number of thiol groups is 2. The minimum Gasteiger partial charge on any atom is -0.382 e. The number of unbranched alkanes of at least 4 members (excludes halogenated alkanes) is 4. The summed E-state index contributed by atoms with van der Waals surface area (Å²) in [4.78, 5) is 28.1. The third kappa shape index (κ3) is 7.14. The molecule has 1 heterocycles. The van der Waals surface area contributed by atoms with E-state index in [1.165, 1.54) is 0 Å². The number of carbonyl (C=O) groups excluding carboxylic acids is 2. The molecular formula is C30H40N2O4S2. The topological polar surface area (TPSA) is 76.7 Å². The van der Waals surface area contributed by atoms with Crippen molar-refractivity contribution >= 4 is 48.2 Å². The fourth-order valence-electron chi connectivity index (χ4n) is 5.21. The smallest absolute Gasteiger partial charge is 0.198 e. The van der Waals surface area contributed by atoms with Crippen LogP contribution in [0.25, 0.3) is 0 Å². The first-order valence-electron chi connectivity index (χ1n) is 13.9. The Morgan fingerprint density at radius 1 is 0.684 bits per heavy atom. The van der Waals surface area contributed by atoms with Crippen LogP contribution in [0.4, 0.5) is 11.4 Å². The molecule has 0 spiro atoms. The lowest BCUT2D eigenvalue weighted by Crippen LogP contribution is -2.26. The third-order valence-corrected chi connectivity index (χ3v) is 7.78. The van der Waals surface area contributed by atoms with Gasteiger partial charge in [-0.1, -0.05) is 18.9 Å². The van der Waals surface area contributed by atoms with E-state index >= 15 is 0 Å². The molecule has 206 valence electrons. The molecule has 2 bridgehead atoms. The molecule has 0 radical (unpaired) electrons. The summed E-state index contributed by atoms with van der Waals surface area (Å²) in [5.41, 5.74) is 5.57. The van der Waals surface area contributed by atoms with Crippen LogP contribution < -0.4 is 10.6 Å². The number of rotatable bonds is 10. The van der Waals surface area contributed by atoms with E-state index in [4.69, 9.17) is 9.47 Å². The van der Waals surface area contributed by atoms with Crippen molar-refractivity contribution in [2.24, 2.45) is 0 Å². The maximum absolute atomic E-state index is 14.2. The fraction of sp³-hybridized carbons (Fsp3) is 0.533. The summed E-state index contributed by atoms with van der Waals surface area (Å²) in [6.07, 6.45) is 8.00. The second-order valence-corrected chi connectivity index (χ2v) is 10.8. The summed E-state index contributed by atoms with van der Waals surface area (Å²) in [7, 11) is 0. The predicted octanol–water partition coefficient (Wildman–Crippen LogP) is 5.62. The molecule has 2 aromatic carbocycles. The van der Waals surface area contributed by atoms with Gasteiger partial charge in [-0.2, -0.15) is 25.3 Å². The van der Waals surface area contributed by atoms with Crippen LogP contribution in [0.1, 0.15) is 81.5 Å². The highest BCUT2D eigenvalue weighted by Gasteiger charge is 2.35. The zero-order valence-electron chi connectivity index (χ0n) is 22.2. The van der Waals surface area contributed by atoms with Crippen LogP contribution in [0.15, 0.2) is 24.3 Å². The average Bonchev–Trinajstić information content (AvgIpc) is 2.93. The van der Waals surface area contributed by atoms with Gasteiger partial charge in [0.25, 0.3) is 0 Å². The van der Waals surface area contributed by atoms with E-state index in [9.17, 15) is 9.59 Å². The first-order valence-corrected chi connectivity index (χ1v) is 15.2. The highest BCUT2D eigenvalue weighted by molar-refractivity contribution is 7.80. The van der Waals surface area contributed by atoms with E-state index in [2.05, 4.69) is 35.9 Å². The lowest BCUT2D eigenvalue weighted by molar-refractivity contribution is 0.0557. The van der Waals surface area contributed by atoms with Crippen molar-refractivity contribution in [3.8, 4) is 0 Å². The van der Waals surface area contributed by atoms with Crippen molar-refractivity contribution in [2.75, 3.05) is 61.7 Å². The van der Waals surface area contributed by atoms with Crippen LogP contribution in [0, 0.1) is 0 Å². The van der Waals surface area contributed by atoms with E-state index in [1.807, 2.05) is 24.3 Å². The molecule has 4 rings (SSSR count). The predicted molar refractivity (Wildman–Crippen MR) is 161 cm³/mol. The van der Waals surface area contributed by atoms with Gasteiger partial charge in [0.05, 0.1) is 37.6 Å². The SMILES string of the molecule is O=C1c2cc(CCCCCS)cc3c2C(=O)c2c1ccc(CCCCCS)c2NCCOCCOCCN3. The van der Waals surface area contributed by atoms with Gasteiger partial charge < -0.3 is 20.1 Å². The minimum atomic E-state index is -0.102. The van der Waals surface area contributed by atoms with Gasteiger partial charge in [-0.05, 0) is 79.4 Å². The van der Waals surface area contributed by atoms with Crippen molar-refractivity contribution in [3.05, 3.63) is 57.6 Å². The summed E-state index contributed by atoms with van der Waals surface area (Å²) in [6, 6.07) is 7.84. The summed E-state index contributed by atoms with van der Waals surface area (Å²) in [5.74, 6) is 1.55. The minimum absolute atomic E-state index is 0.0867.